The van der Waals surface area contributed by atoms with E-state index in [4.69, 9.17) is 4.98 Å². The molecule has 220 valence electrons. The van der Waals surface area contributed by atoms with Crippen LogP contribution in [-0.2, 0) is 0 Å². The van der Waals surface area contributed by atoms with Gasteiger partial charge in [-0.3, -0.25) is 0 Å². The van der Waals surface area contributed by atoms with Crippen molar-refractivity contribution in [2.24, 2.45) is 0 Å². The smallest absolute Gasteiger partial charge is 0.0715 e. The van der Waals surface area contributed by atoms with Crippen molar-refractivity contribution in [1.82, 2.24) is 4.98 Å². The minimum absolute atomic E-state index is 0.977. The first-order valence-electron chi connectivity index (χ1n) is 16.2. The van der Waals surface area contributed by atoms with E-state index in [9.17, 15) is 0 Å². The number of fused-ring (bicyclic) bond motifs is 4. The van der Waals surface area contributed by atoms with Gasteiger partial charge in [0.25, 0.3) is 0 Å². The number of aryl methyl sites for hydroxylation is 1. The molecule has 0 amide bonds. The van der Waals surface area contributed by atoms with Crippen molar-refractivity contribution in [2.45, 2.75) is 6.92 Å². The van der Waals surface area contributed by atoms with Gasteiger partial charge in [-0.25, -0.2) is 4.98 Å². The molecular formula is C46H31N. The third-order valence-corrected chi connectivity index (χ3v) is 9.50. The second-order valence-corrected chi connectivity index (χ2v) is 12.4. The summed E-state index contributed by atoms with van der Waals surface area (Å²) in [5, 5.41) is 9.99. The van der Waals surface area contributed by atoms with E-state index in [1.807, 2.05) is 6.07 Å². The fourth-order valence-corrected chi connectivity index (χ4v) is 7.35. The summed E-state index contributed by atoms with van der Waals surface area (Å²) >= 11 is 0. The van der Waals surface area contributed by atoms with Gasteiger partial charge in [-0.05, 0) is 90.5 Å². The molecule has 0 bridgehead atoms. The molecule has 0 N–H and O–H groups in total. The lowest BCUT2D eigenvalue weighted by atomic mass is 9.84. The monoisotopic (exact) mass is 597 g/mol. The predicted octanol–water partition coefficient (Wildman–Crippen LogP) is 12.7. The van der Waals surface area contributed by atoms with Gasteiger partial charge in [0.1, 0.15) is 0 Å². The highest BCUT2D eigenvalue weighted by atomic mass is 14.7. The van der Waals surface area contributed by atoms with E-state index in [0.717, 1.165) is 22.5 Å². The Morgan fingerprint density at radius 1 is 0.340 bits per heavy atom. The summed E-state index contributed by atoms with van der Waals surface area (Å²) in [5.74, 6) is 0. The van der Waals surface area contributed by atoms with Crippen molar-refractivity contribution in [3.8, 4) is 44.8 Å². The average molecular weight is 598 g/mol. The van der Waals surface area contributed by atoms with Crippen molar-refractivity contribution in [3.63, 3.8) is 0 Å². The summed E-state index contributed by atoms with van der Waals surface area (Å²) in [6.07, 6.45) is 0. The molecule has 0 unspecified atom stereocenters. The Hall–Kier alpha value is -6.05. The Morgan fingerprint density at radius 2 is 0.872 bits per heavy atom. The predicted molar refractivity (Wildman–Crippen MR) is 201 cm³/mol. The normalized spacial score (nSPS) is 11.5. The number of hydrogen-bond donors (Lipinski definition) is 0. The number of benzene rings is 8. The highest BCUT2D eigenvalue weighted by Crippen LogP contribution is 2.46. The molecule has 47 heavy (non-hydrogen) atoms. The van der Waals surface area contributed by atoms with E-state index in [-0.39, 0.29) is 0 Å². The Kier molecular flexibility index (Phi) is 6.43. The molecule has 0 saturated carbocycles. The van der Waals surface area contributed by atoms with E-state index in [0.29, 0.717) is 0 Å². The summed E-state index contributed by atoms with van der Waals surface area (Å²) in [5.41, 5.74) is 10.5. The molecule has 0 aliphatic carbocycles. The molecule has 1 heteroatoms. The van der Waals surface area contributed by atoms with E-state index in [1.54, 1.807) is 0 Å². The summed E-state index contributed by atoms with van der Waals surface area (Å²) in [7, 11) is 0. The Morgan fingerprint density at radius 3 is 1.57 bits per heavy atom. The number of nitrogens with zero attached hydrogens (tertiary/aromatic N) is 1. The third kappa shape index (κ3) is 4.59. The van der Waals surface area contributed by atoms with Crippen molar-refractivity contribution in [3.05, 3.63) is 175 Å². The molecule has 1 nitrogen and oxygen atoms in total. The van der Waals surface area contributed by atoms with E-state index >= 15 is 0 Å². The number of aromatic nitrogens is 1. The van der Waals surface area contributed by atoms with Crippen LogP contribution in [-0.4, -0.2) is 4.98 Å². The number of hydrogen-bond acceptors (Lipinski definition) is 1. The maximum atomic E-state index is 5.14. The first-order valence-corrected chi connectivity index (χ1v) is 16.2. The van der Waals surface area contributed by atoms with Crippen molar-refractivity contribution in [2.75, 3.05) is 0 Å². The lowest BCUT2D eigenvalue weighted by Crippen LogP contribution is -1.93. The minimum Gasteiger partial charge on any atom is -0.248 e. The van der Waals surface area contributed by atoms with Crippen LogP contribution in [0.2, 0.25) is 0 Å². The van der Waals surface area contributed by atoms with Crippen LogP contribution in [0.5, 0.6) is 0 Å². The molecule has 0 fully saturated rings. The topological polar surface area (TPSA) is 12.9 Å². The molecule has 0 saturated heterocycles. The zero-order valence-electron chi connectivity index (χ0n) is 26.1. The van der Waals surface area contributed by atoms with Crippen LogP contribution < -0.4 is 0 Å². The van der Waals surface area contributed by atoms with Gasteiger partial charge in [-0.1, -0.05) is 157 Å². The van der Waals surface area contributed by atoms with E-state index in [1.165, 1.54) is 70.9 Å². The molecule has 9 rings (SSSR count). The van der Waals surface area contributed by atoms with Crippen LogP contribution in [0.4, 0.5) is 0 Å². The van der Waals surface area contributed by atoms with Gasteiger partial charge in [-0.2, -0.15) is 0 Å². The van der Waals surface area contributed by atoms with Gasteiger partial charge < -0.3 is 0 Å². The van der Waals surface area contributed by atoms with Gasteiger partial charge in [0.05, 0.1) is 11.4 Å². The second-order valence-electron chi connectivity index (χ2n) is 12.4. The summed E-state index contributed by atoms with van der Waals surface area (Å²) in [6, 6.07) is 61.5. The van der Waals surface area contributed by atoms with Gasteiger partial charge in [0.15, 0.2) is 0 Å². The minimum atomic E-state index is 0.977. The third-order valence-electron chi connectivity index (χ3n) is 9.50. The fraction of sp³-hybridized carbons (Fsp3) is 0.0217. The van der Waals surface area contributed by atoms with Crippen LogP contribution in [0.15, 0.2) is 170 Å². The van der Waals surface area contributed by atoms with E-state index < -0.39 is 0 Å². The number of rotatable bonds is 4. The maximum Gasteiger partial charge on any atom is 0.0715 e. The molecule has 0 radical (unpaired) electrons. The second kappa shape index (κ2) is 11.1. The van der Waals surface area contributed by atoms with Crippen LogP contribution in [0.3, 0.4) is 0 Å². The van der Waals surface area contributed by atoms with Gasteiger partial charge in [0, 0.05) is 11.1 Å². The molecule has 0 atom stereocenters. The molecule has 0 aliphatic heterocycles. The van der Waals surface area contributed by atoms with E-state index in [2.05, 4.69) is 171 Å². The molecule has 9 aromatic rings. The first-order chi connectivity index (χ1) is 23.2. The highest BCUT2D eigenvalue weighted by Gasteiger charge is 2.19. The maximum absolute atomic E-state index is 5.14. The zero-order valence-corrected chi connectivity index (χ0v) is 26.1. The zero-order chi connectivity index (χ0) is 31.3. The van der Waals surface area contributed by atoms with Gasteiger partial charge in [0.2, 0.25) is 0 Å². The Balaban J connectivity index is 1.30. The SMILES string of the molecule is Cc1ccc2cc(-c3c4ccccc4c(-c4ccc(-c5cccc(-c6ccccc6)n5)c5ccccc45)c4ccccc34)ccc2c1. The standard InChI is InChI=1S/C46H31N/c1-30-22-23-33-29-34(25-24-32(33)28-30)45-38-16-7-9-18-40(38)46(41-19-10-8-17-39(41)45)42-27-26-37(35-14-5-6-15-36(35)42)44-21-11-20-43(47-44)31-12-3-2-4-13-31/h2-29H,1H3. The molecular weight excluding hydrogens is 567 g/mol. The highest BCUT2D eigenvalue weighted by molar-refractivity contribution is 6.24. The molecule has 8 aromatic carbocycles. The lowest BCUT2D eigenvalue weighted by molar-refractivity contribution is 1.33. The van der Waals surface area contributed by atoms with Crippen molar-refractivity contribution < 1.29 is 0 Å². The summed E-state index contributed by atoms with van der Waals surface area (Å²) < 4.78 is 0. The van der Waals surface area contributed by atoms with Crippen LogP contribution in [0.1, 0.15) is 5.56 Å². The largest absolute Gasteiger partial charge is 0.248 e. The fourth-order valence-electron chi connectivity index (χ4n) is 7.35. The van der Waals surface area contributed by atoms with Gasteiger partial charge in [-0.15, -0.1) is 0 Å². The lowest BCUT2D eigenvalue weighted by Gasteiger charge is -2.20. The Labute approximate surface area is 274 Å². The molecule has 0 spiro atoms. The van der Waals surface area contributed by atoms with Crippen molar-refractivity contribution in [1.29, 1.82) is 0 Å². The summed E-state index contributed by atoms with van der Waals surface area (Å²) in [6.45, 7) is 2.15. The Bertz CT molecular complexity index is 2570. The van der Waals surface area contributed by atoms with Crippen LogP contribution in [0, 0.1) is 6.92 Å². The summed E-state index contributed by atoms with van der Waals surface area (Å²) in [4.78, 5) is 5.14. The molecule has 0 aliphatic rings. The van der Waals surface area contributed by atoms with Crippen molar-refractivity contribution >= 4 is 43.1 Å². The molecule has 1 aromatic heterocycles. The van der Waals surface area contributed by atoms with Gasteiger partial charge >= 0.3 is 0 Å². The quantitative estimate of drug-likeness (QED) is 0.184. The van der Waals surface area contributed by atoms with Crippen LogP contribution >= 0.6 is 0 Å². The first kappa shape index (κ1) is 27.3. The molecule has 1 heterocycles. The number of pyridine rings is 1. The van der Waals surface area contributed by atoms with Crippen LogP contribution in [0.25, 0.3) is 87.9 Å². The average Bonchev–Trinajstić information content (AvgIpc) is 3.14.